The zero-order valence-electron chi connectivity index (χ0n) is 10.6. The van der Waals surface area contributed by atoms with Crippen LogP contribution in [0.4, 0.5) is 5.69 Å². The molecule has 0 aliphatic rings. The van der Waals surface area contributed by atoms with E-state index in [-0.39, 0.29) is 11.9 Å². The molecule has 1 atom stereocenters. The predicted octanol–water partition coefficient (Wildman–Crippen LogP) is 3.18. The van der Waals surface area contributed by atoms with Crippen LogP contribution in [0, 0.1) is 6.92 Å². The number of hydrogen-bond donors (Lipinski definition) is 2. The number of nitrogen functional groups attached to an aromatic ring is 1. The number of carbonyl (C=O) groups is 1. The number of amides is 1. The fraction of sp³-hybridized carbons (Fsp3) is 0.231. The highest BCUT2D eigenvalue weighted by molar-refractivity contribution is 7.09. The Morgan fingerprint density at radius 2 is 2.26 bits per heavy atom. The quantitative estimate of drug-likeness (QED) is 0.855. The van der Waals surface area contributed by atoms with E-state index in [4.69, 9.17) is 17.3 Å². The summed E-state index contributed by atoms with van der Waals surface area (Å²) in [5.74, 6) is -0.231. The maximum atomic E-state index is 12.1. The lowest BCUT2D eigenvalue weighted by atomic mass is 10.2. The van der Waals surface area contributed by atoms with E-state index in [1.54, 1.807) is 18.2 Å². The maximum Gasteiger partial charge on any atom is 0.253 e. The van der Waals surface area contributed by atoms with Crippen LogP contribution in [-0.2, 0) is 0 Å². The number of nitrogens with two attached hydrogens (primary N) is 1. The normalized spacial score (nSPS) is 12.2. The zero-order valence-corrected chi connectivity index (χ0v) is 12.2. The molecule has 6 heteroatoms. The summed E-state index contributed by atoms with van der Waals surface area (Å²) >= 11 is 7.53. The molecule has 0 saturated carbocycles. The molecule has 0 aliphatic carbocycles. The van der Waals surface area contributed by atoms with Crippen molar-refractivity contribution in [2.75, 3.05) is 5.73 Å². The van der Waals surface area contributed by atoms with E-state index in [1.807, 2.05) is 19.2 Å². The minimum absolute atomic E-state index is 0.153. The van der Waals surface area contributed by atoms with Gasteiger partial charge in [0.05, 0.1) is 16.6 Å². The van der Waals surface area contributed by atoms with Crippen LogP contribution in [0.1, 0.15) is 34.0 Å². The first kappa shape index (κ1) is 13.8. The van der Waals surface area contributed by atoms with E-state index in [0.717, 1.165) is 10.7 Å². The van der Waals surface area contributed by atoms with Crippen LogP contribution in [0.5, 0.6) is 0 Å². The van der Waals surface area contributed by atoms with Gasteiger partial charge in [0, 0.05) is 16.8 Å². The Morgan fingerprint density at radius 3 is 2.84 bits per heavy atom. The predicted molar refractivity (Wildman–Crippen MR) is 78.6 cm³/mol. The molecule has 2 aromatic rings. The molecule has 1 heterocycles. The number of thiazole rings is 1. The number of nitrogens with one attached hydrogen (secondary N) is 1. The molecule has 1 aromatic carbocycles. The highest BCUT2D eigenvalue weighted by Gasteiger charge is 2.16. The number of carbonyl (C=O) groups excluding carboxylic acids is 1. The van der Waals surface area contributed by atoms with Crippen molar-refractivity contribution in [1.82, 2.24) is 10.3 Å². The van der Waals surface area contributed by atoms with Gasteiger partial charge in [-0.25, -0.2) is 4.98 Å². The number of aryl methyl sites for hydroxylation is 1. The van der Waals surface area contributed by atoms with Crippen LogP contribution in [0.2, 0.25) is 5.02 Å². The average Bonchev–Trinajstić information content (AvgIpc) is 2.75. The summed E-state index contributed by atoms with van der Waals surface area (Å²) in [7, 11) is 0. The van der Waals surface area contributed by atoms with E-state index in [1.165, 1.54) is 11.3 Å². The number of anilines is 1. The summed E-state index contributed by atoms with van der Waals surface area (Å²) in [6.07, 6.45) is 0. The highest BCUT2D eigenvalue weighted by Crippen LogP contribution is 2.21. The topological polar surface area (TPSA) is 68.0 Å². The first-order valence-corrected chi connectivity index (χ1v) is 7.01. The van der Waals surface area contributed by atoms with Crippen molar-refractivity contribution in [3.63, 3.8) is 0 Å². The van der Waals surface area contributed by atoms with Gasteiger partial charge in [-0.15, -0.1) is 11.3 Å². The summed E-state index contributed by atoms with van der Waals surface area (Å²) in [4.78, 5) is 16.5. The fourth-order valence-corrected chi connectivity index (χ4v) is 2.70. The molecule has 2 rings (SSSR count). The van der Waals surface area contributed by atoms with Gasteiger partial charge in [0.1, 0.15) is 5.01 Å². The Hall–Kier alpha value is -1.59. The van der Waals surface area contributed by atoms with Gasteiger partial charge in [-0.2, -0.15) is 0 Å². The second-order valence-electron chi connectivity index (χ2n) is 4.26. The third-order valence-corrected chi connectivity index (χ3v) is 4.05. The smallest absolute Gasteiger partial charge is 0.253 e. The Labute approximate surface area is 120 Å². The van der Waals surface area contributed by atoms with Crippen molar-refractivity contribution in [1.29, 1.82) is 0 Å². The number of aromatic nitrogens is 1. The molecule has 3 N–H and O–H groups in total. The molecular weight excluding hydrogens is 282 g/mol. The lowest BCUT2D eigenvalue weighted by Gasteiger charge is -2.12. The molecule has 0 fully saturated rings. The second-order valence-corrected chi connectivity index (χ2v) is 5.56. The molecule has 1 aromatic heterocycles. The Balaban J connectivity index is 2.12. The molecule has 0 spiro atoms. The molecule has 100 valence electrons. The lowest BCUT2D eigenvalue weighted by molar-refractivity contribution is 0.0940. The molecule has 0 radical (unpaired) electrons. The van der Waals surface area contributed by atoms with E-state index in [2.05, 4.69) is 10.3 Å². The van der Waals surface area contributed by atoms with Crippen LogP contribution in [0.25, 0.3) is 0 Å². The maximum absolute atomic E-state index is 12.1. The fourth-order valence-electron chi connectivity index (χ4n) is 1.62. The average molecular weight is 296 g/mol. The van der Waals surface area contributed by atoms with E-state index >= 15 is 0 Å². The molecule has 0 saturated heterocycles. The number of rotatable bonds is 3. The van der Waals surface area contributed by atoms with Crippen LogP contribution in [0.15, 0.2) is 23.6 Å². The minimum atomic E-state index is -0.231. The van der Waals surface area contributed by atoms with Crippen LogP contribution >= 0.6 is 22.9 Å². The van der Waals surface area contributed by atoms with Gasteiger partial charge >= 0.3 is 0 Å². The zero-order chi connectivity index (χ0) is 14.0. The van der Waals surface area contributed by atoms with Crippen LogP contribution in [-0.4, -0.2) is 10.9 Å². The van der Waals surface area contributed by atoms with Gasteiger partial charge in [0.25, 0.3) is 5.91 Å². The van der Waals surface area contributed by atoms with Crippen molar-refractivity contribution >= 4 is 34.5 Å². The van der Waals surface area contributed by atoms with E-state index < -0.39 is 0 Å². The van der Waals surface area contributed by atoms with Crippen molar-refractivity contribution in [2.24, 2.45) is 0 Å². The minimum Gasteiger partial charge on any atom is -0.399 e. The number of nitrogens with zero attached hydrogens (tertiary/aromatic N) is 1. The summed E-state index contributed by atoms with van der Waals surface area (Å²) < 4.78 is 0. The summed E-state index contributed by atoms with van der Waals surface area (Å²) in [6, 6.07) is 4.68. The van der Waals surface area contributed by atoms with Crippen molar-refractivity contribution in [3.8, 4) is 0 Å². The van der Waals surface area contributed by atoms with Crippen LogP contribution < -0.4 is 11.1 Å². The third-order valence-electron chi connectivity index (χ3n) is 2.59. The Kier molecular flexibility index (Phi) is 4.07. The standard InChI is InChI=1S/C13H14ClN3OS/c1-7-6-19-13(16-7)8(2)17-12(18)10-4-3-9(15)5-11(10)14/h3-6,8H,15H2,1-2H3,(H,17,18). The molecule has 4 nitrogen and oxygen atoms in total. The molecule has 0 aliphatic heterocycles. The number of hydrogen-bond acceptors (Lipinski definition) is 4. The number of halogens is 1. The molecular formula is C13H14ClN3OS. The van der Waals surface area contributed by atoms with Gasteiger partial charge in [-0.05, 0) is 32.0 Å². The van der Waals surface area contributed by atoms with E-state index in [0.29, 0.717) is 16.3 Å². The van der Waals surface area contributed by atoms with Crippen molar-refractivity contribution in [2.45, 2.75) is 19.9 Å². The third kappa shape index (κ3) is 3.24. The van der Waals surface area contributed by atoms with Crippen molar-refractivity contribution < 1.29 is 4.79 Å². The van der Waals surface area contributed by atoms with Crippen LogP contribution in [0.3, 0.4) is 0 Å². The van der Waals surface area contributed by atoms with Gasteiger partial charge in [0.2, 0.25) is 0 Å². The summed E-state index contributed by atoms with van der Waals surface area (Å²) in [6.45, 7) is 3.81. The summed E-state index contributed by atoms with van der Waals surface area (Å²) in [5, 5.41) is 6.04. The first-order valence-electron chi connectivity index (χ1n) is 5.75. The molecule has 0 bridgehead atoms. The highest BCUT2D eigenvalue weighted by atomic mass is 35.5. The van der Waals surface area contributed by atoms with Crippen molar-refractivity contribution in [3.05, 3.63) is 44.9 Å². The Bertz CT molecular complexity index is 612. The van der Waals surface area contributed by atoms with Gasteiger partial charge in [-0.1, -0.05) is 11.6 Å². The lowest BCUT2D eigenvalue weighted by Crippen LogP contribution is -2.26. The Morgan fingerprint density at radius 1 is 1.53 bits per heavy atom. The molecule has 19 heavy (non-hydrogen) atoms. The largest absolute Gasteiger partial charge is 0.399 e. The second kappa shape index (κ2) is 5.59. The summed E-state index contributed by atoms with van der Waals surface area (Å²) in [5.41, 5.74) is 7.49. The monoisotopic (exact) mass is 295 g/mol. The SMILES string of the molecule is Cc1csc(C(C)NC(=O)c2ccc(N)cc2Cl)n1. The van der Waals surface area contributed by atoms with E-state index in [9.17, 15) is 4.79 Å². The number of benzene rings is 1. The molecule has 1 unspecified atom stereocenters. The van der Waals surface area contributed by atoms with Gasteiger partial charge in [0.15, 0.2) is 0 Å². The molecule has 1 amide bonds. The first-order chi connectivity index (χ1) is 8.97. The van der Waals surface area contributed by atoms with Gasteiger partial charge in [-0.3, -0.25) is 4.79 Å². The van der Waals surface area contributed by atoms with Gasteiger partial charge < -0.3 is 11.1 Å².